The summed E-state index contributed by atoms with van der Waals surface area (Å²) in [5.41, 5.74) is 7.70. The topological polar surface area (TPSA) is 79.9 Å². The summed E-state index contributed by atoms with van der Waals surface area (Å²) in [6.45, 7) is 8.43. The van der Waals surface area contributed by atoms with Gasteiger partial charge in [0.15, 0.2) is 5.65 Å². The fourth-order valence-corrected chi connectivity index (χ4v) is 4.55. The molecule has 0 atom stereocenters. The number of allylic oxidation sites excluding steroid dienone is 7. The number of rotatable bonds is 4. The Hall–Kier alpha value is -3.28. The van der Waals surface area contributed by atoms with E-state index in [1.165, 1.54) is 0 Å². The highest BCUT2D eigenvalue weighted by Crippen LogP contribution is 2.37. The zero-order valence-electron chi connectivity index (χ0n) is 18.3. The van der Waals surface area contributed by atoms with Crippen molar-refractivity contribution in [2.75, 3.05) is 7.05 Å². The van der Waals surface area contributed by atoms with Crippen molar-refractivity contribution in [1.29, 1.82) is 0 Å². The number of hydrogen-bond donors (Lipinski definition) is 1. The minimum atomic E-state index is -0.682. The molecule has 0 amide bonds. The first kappa shape index (κ1) is 21.0. The molecule has 2 aromatic rings. The first-order valence-electron chi connectivity index (χ1n) is 10.7. The number of aliphatic carboxylic acids is 1. The molecule has 6 nitrogen and oxygen atoms in total. The zero-order chi connectivity index (χ0) is 22.1. The van der Waals surface area contributed by atoms with Gasteiger partial charge in [-0.2, -0.15) is 5.10 Å². The maximum Gasteiger partial charge on any atom is 0.306 e. The predicted molar refractivity (Wildman–Crippen MR) is 124 cm³/mol. The lowest BCUT2D eigenvalue weighted by Crippen LogP contribution is -2.22. The van der Waals surface area contributed by atoms with Gasteiger partial charge in [0.05, 0.1) is 23.5 Å². The third-order valence-corrected chi connectivity index (χ3v) is 6.53. The van der Waals surface area contributed by atoms with E-state index in [1.807, 2.05) is 41.1 Å². The standard InChI is InChI=1S/C25H28N4O2/c1-15(13-20-7-5-6-8-22(20)26-4)21-14-27-29-17(3)16(2)23(28-24(21)29)18-9-11-19(12-10-18)25(30)31/h5-8,13-14,18-19H,1,9-12H2,2-4H3,(H,30,31). The van der Waals surface area contributed by atoms with Crippen LogP contribution in [-0.2, 0) is 4.79 Å². The first-order chi connectivity index (χ1) is 14.9. The number of carboxylic acids is 1. The monoisotopic (exact) mass is 416 g/mol. The quantitative estimate of drug-likeness (QED) is 0.773. The maximum atomic E-state index is 11.3. The van der Waals surface area contributed by atoms with E-state index in [9.17, 15) is 9.90 Å². The van der Waals surface area contributed by atoms with Crippen LogP contribution in [0.3, 0.4) is 0 Å². The Morgan fingerprint density at radius 1 is 1.23 bits per heavy atom. The number of aryl methyl sites for hydroxylation is 1. The van der Waals surface area contributed by atoms with Crippen molar-refractivity contribution in [2.24, 2.45) is 10.9 Å². The Morgan fingerprint density at radius 2 is 1.94 bits per heavy atom. The molecule has 2 heterocycles. The Labute approximate surface area is 182 Å². The summed E-state index contributed by atoms with van der Waals surface area (Å²) < 4.78 is 1.88. The molecular formula is C25H28N4O2. The molecule has 4 rings (SSSR count). The van der Waals surface area contributed by atoms with E-state index < -0.39 is 5.97 Å². The fourth-order valence-electron chi connectivity index (χ4n) is 4.55. The Bertz CT molecular complexity index is 1170. The molecule has 2 aromatic heterocycles. The number of aromatic nitrogens is 3. The lowest BCUT2D eigenvalue weighted by Gasteiger charge is -2.27. The highest BCUT2D eigenvalue weighted by Gasteiger charge is 2.29. The second-order valence-corrected chi connectivity index (χ2v) is 8.34. The molecule has 0 spiro atoms. The van der Waals surface area contributed by atoms with Crippen molar-refractivity contribution in [1.82, 2.24) is 14.6 Å². The molecule has 2 aliphatic carbocycles. The van der Waals surface area contributed by atoms with Gasteiger partial charge in [0.25, 0.3) is 0 Å². The number of carboxylic acid groups (broad SMARTS) is 1. The van der Waals surface area contributed by atoms with Crippen molar-refractivity contribution in [2.45, 2.75) is 45.4 Å². The molecule has 0 aliphatic heterocycles. The largest absolute Gasteiger partial charge is 0.481 e. The van der Waals surface area contributed by atoms with E-state index >= 15 is 0 Å². The third kappa shape index (κ3) is 3.90. The van der Waals surface area contributed by atoms with Crippen LogP contribution in [0.2, 0.25) is 0 Å². The molecule has 2 aliphatic rings. The van der Waals surface area contributed by atoms with Gasteiger partial charge in [-0.25, -0.2) is 9.50 Å². The summed E-state index contributed by atoms with van der Waals surface area (Å²) in [7, 11) is 1.78. The van der Waals surface area contributed by atoms with E-state index in [0.717, 1.165) is 57.9 Å². The third-order valence-electron chi connectivity index (χ3n) is 6.53. The summed E-state index contributed by atoms with van der Waals surface area (Å²) in [5.74, 6) is -0.636. The van der Waals surface area contributed by atoms with Crippen LogP contribution in [0.15, 0.2) is 53.7 Å². The predicted octanol–water partition coefficient (Wildman–Crippen LogP) is 4.84. The van der Waals surface area contributed by atoms with E-state index in [0.29, 0.717) is 12.8 Å². The number of hydrogen-bond acceptors (Lipinski definition) is 4. The molecule has 0 bridgehead atoms. The molecule has 31 heavy (non-hydrogen) atoms. The van der Waals surface area contributed by atoms with Crippen LogP contribution in [0.5, 0.6) is 0 Å². The average Bonchev–Trinajstić information content (AvgIpc) is 3.21. The van der Waals surface area contributed by atoms with Crippen molar-refractivity contribution in [3.63, 3.8) is 0 Å². The van der Waals surface area contributed by atoms with Gasteiger partial charge >= 0.3 is 5.97 Å². The van der Waals surface area contributed by atoms with Gasteiger partial charge in [-0.15, -0.1) is 0 Å². The van der Waals surface area contributed by atoms with Crippen LogP contribution in [0.4, 0.5) is 0 Å². The number of aliphatic imine (C=N–C) groups is 1. The lowest BCUT2D eigenvalue weighted by molar-refractivity contribution is -0.142. The number of fused-ring (bicyclic) bond motifs is 1. The minimum Gasteiger partial charge on any atom is -0.481 e. The van der Waals surface area contributed by atoms with Crippen LogP contribution < -0.4 is 0 Å². The van der Waals surface area contributed by atoms with Gasteiger partial charge in [-0.3, -0.25) is 9.79 Å². The molecule has 1 fully saturated rings. The van der Waals surface area contributed by atoms with E-state index in [1.54, 1.807) is 7.05 Å². The van der Waals surface area contributed by atoms with E-state index in [2.05, 4.69) is 30.5 Å². The normalized spacial score (nSPS) is 23.7. The van der Waals surface area contributed by atoms with Gasteiger partial charge in [0.1, 0.15) is 0 Å². The molecule has 1 N–H and O–H groups in total. The van der Waals surface area contributed by atoms with Crippen LogP contribution in [-0.4, -0.2) is 38.4 Å². The Balaban J connectivity index is 1.71. The van der Waals surface area contributed by atoms with E-state index in [4.69, 9.17) is 4.98 Å². The number of carbonyl (C=O) groups is 1. The SMILES string of the molecule is C=C(C=C1C=CC=CC1=NC)c1cnn2c(C)c(C)c(C3CCC(C(=O)O)CC3)nc12. The van der Waals surface area contributed by atoms with Gasteiger partial charge in [0, 0.05) is 29.8 Å². The second-order valence-electron chi connectivity index (χ2n) is 8.34. The smallest absolute Gasteiger partial charge is 0.306 e. The lowest BCUT2D eigenvalue weighted by atomic mass is 9.79. The maximum absolute atomic E-state index is 11.3. The molecular weight excluding hydrogens is 388 g/mol. The highest BCUT2D eigenvalue weighted by atomic mass is 16.4. The molecule has 0 aromatic carbocycles. The van der Waals surface area contributed by atoms with Crippen LogP contribution >= 0.6 is 0 Å². The fraction of sp³-hybridized carbons (Fsp3) is 0.360. The molecule has 0 unspecified atom stereocenters. The van der Waals surface area contributed by atoms with Gasteiger partial charge in [0.2, 0.25) is 0 Å². The summed E-state index contributed by atoms with van der Waals surface area (Å²) in [6.07, 6.45) is 14.9. The number of nitrogens with zero attached hydrogens (tertiary/aromatic N) is 4. The highest BCUT2D eigenvalue weighted by molar-refractivity contribution is 6.12. The zero-order valence-corrected chi connectivity index (χ0v) is 18.3. The Morgan fingerprint density at radius 3 is 2.61 bits per heavy atom. The van der Waals surface area contributed by atoms with Crippen molar-refractivity contribution < 1.29 is 9.90 Å². The molecule has 0 saturated heterocycles. The van der Waals surface area contributed by atoms with Crippen LogP contribution in [0, 0.1) is 19.8 Å². The second kappa shape index (κ2) is 8.46. The summed E-state index contributed by atoms with van der Waals surface area (Å²) in [6, 6.07) is 0. The van der Waals surface area contributed by atoms with Crippen molar-refractivity contribution >= 4 is 22.9 Å². The molecule has 160 valence electrons. The van der Waals surface area contributed by atoms with Crippen molar-refractivity contribution in [3.05, 3.63) is 71.2 Å². The van der Waals surface area contributed by atoms with Crippen molar-refractivity contribution in [3.8, 4) is 0 Å². The van der Waals surface area contributed by atoms with Gasteiger partial charge < -0.3 is 5.11 Å². The van der Waals surface area contributed by atoms with Gasteiger partial charge in [-0.05, 0) is 62.8 Å². The average molecular weight is 417 g/mol. The molecule has 1 saturated carbocycles. The van der Waals surface area contributed by atoms with Gasteiger partial charge in [-0.1, -0.05) is 24.8 Å². The summed E-state index contributed by atoms with van der Waals surface area (Å²) in [5, 5.41) is 13.9. The summed E-state index contributed by atoms with van der Waals surface area (Å²) >= 11 is 0. The Kier molecular flexibility index (Phi) is 5.72. The van der Waals surface area contributed by atoms with Crippen LogP contribution in [0.1, 0.15) is 54.1 Å². The molecule has 6 heteroatoms. The summed E-state index contributed by atoms with van der Waals surface area (Å²) in [4.78, 5) is 20.7. The minimum absolute atomic E-state index is 0.231. The first-order valence-corrected chi connectivity index (χ1v) is 10.7. The van der Waals surface area contributed by atoms with Crippen LogP contribution in [0.25, 0.3) is 11.2 Å². The molecule has 0 radical (unpaired) electrons. The van der Waals surface area contributed by atoms with E-state index in [-0.39, 0.29) is 11.8 Å².